The highest BCUT2D eigenvalue weighted by Gasteiger charge is 2.31. The summed E-state index contributed by atoms with van der Waals surface area (Å²) in [6.07, 6.45) is 1.01. The van der Waals surface area contributed by atoms with Crippen molar-refractivity contribution in [3.05, 3.63) is 63.7 Å². The Hall–Kier alpha value is -2.78. The van der Waals surface area contributed by atoms with Gasteiger partial charge in [-0.1, -0.05) is 19.9 Å². The summed E-state index contributed by atoms with van der Waals surface area (Å²) in [6.45, 7) is 6.78. The number of hydrogen-bond acceptors (Lipinski definition) is 5. The summed E-state index contributed by atoms with van der Waals surface area (Å²) in [7, 11) is -3.60. The van der Waals surface area contributed by atoms with E-state index < -0.39 is 20.9 Å². The Labute approximate surface area is 176 Å². The molecule has 0 aliphatic carbocycles. The molecule has 0 spiro atoms. The zero-order chi connectivity index (χ0) is 22.1. The molecule has 1 saturated heterocycles. The lowest BCUT2D eigenvalue weighted by atomic mass is 9.94. The molecule has 2 aromatic carbocycles. The van der Waals surface area contributed by atoms with Gasteiger partial charge in [-0.25, -0.2) is 8.42 Å². The van der Waals surface area contributed by atoms with Crippen molar-refractivity contribution in [2.45, 2.75) is 32.1 Å². The van der Waals surface area contributed by atoms with Crippen LogP contribution in [0.4, 0.5) is 11.4 Å². The van der Waals surface area contributed by atoms with E-state index in [1.165, 1.54) is 46.8 Å². The number of nitrogens with zero attached hydrogens (tertiary/aromatic N) is 2. The number of nitrogens with one attached hydrogen (secondary N) is 1. The van der Waals surface area contributed by atoms with Gasteiger partial charge in [0.1, 0.15) is 0 Å². The van der Waals surface area contributed by atoms with E-state index in [4.69, 9.17) is 0 Å². The van der Waals surface area contributed by atoms with Crippen molar-refractivity contribution in [3.63, 3.8) is 0 Å². The van der Waals surface area contributed by atoms with Gasteiger partial charge in [0.15, 0.2) is 0 Å². The van der Waals surface area contributed by atoms with Gasteiger partial charge in [-0.05, 0) is 55.0 Å². The van der Waals surface area contributed by atoms with Gasteiger partial charge in [-0.3, -0.25) is 14.9 Å². The van der Waals surface area contributed by atoms with Crippen LogP contribution in [0, 0.1) is 28.9 Å². The Morgan fingerprint density at radius 1 is 1.10 bits per heavy atom. The molecular weight excluding hydrogens is 406 g/mol. The van der Waals surface area contributed by atoms with Gasteiger partial charge in [0.2, 0.25) is 10.0 Å². The van der Waals surface area contributed by atoms with Crippen LogP contribution >= 0.6 is 0 Å². The van der Waals surface area contributed by atoms with Crippen molar-refractivity contribution >= 4 is 27.3 Å². The Morgan fingerprint density at radius 3 is 2.27 bits per heavy atom. The van der Waals surface area contributed by atoms with Gasteiger partial charge in [-0.2, -0.15) is 4.31 Å². The molecule has 0 saturated carbocycles. The standard InChI is InChI=1S/C21H25N3O5S/c1-14-10-15(2)13-23(12-14)30(28,29)19-8-5-17(6-9-19)22-21(25)20-11-18(24(26)27)7-4-16(20)3/h4-9,11,14-15H,10,12-13H2,1-3H3,(H,22,25). The van der Waals surface area contributed by atoms with Crippen LogP contribution in [-0.4, -0.2) is 36.6 Å². The van der Waals surface area contributed by atoms with Crippen molar-refractivity contribution in [2.75, 3.05) is 18.4 Å². The molecule has 8 nitrogen and oxygen atoms in total. The summed E-state index contributed by atoms with van der Waals surface area (Å²) in [5, 5.41) is 13.6. The molecule has 160 valence electrons. The monoisotopic (exact) mass is 431 g/mol. The third-order valence-electron chi connectivity index (χ3n) is 5.26. The van der Waals surface area contributed by atoms with Crippen LogP contribution < -0.4 is 5.32 Å². The molecule has 1 N–H and O–H groups in total. The van der Waals surface area contributed by atoms with E-state index in [0.29, 0.717) is 36.2 Å². The molecule has 2 unspecified atom stereocenters. The summed E-state index contributed by atoms with van der Waals surface area (Å²) < 4.78 is 27.4. The number of benzene rings is 2. The van der Waals surface area contributed by atoms with E-state index in [2.05, 4.69) is 5.32 Å². The number of rotatable bonds is 5. The predicted octanol–water partition coefficient (Wildman–Crippen LogP) is 3.82. The summed E-state index contributed by atoms with van der Waals surface area (Å²) in [5.74, 6) is 0.117. The number of amides is 1. The average molecular weight is 432 g/mol. The Morgan fingerprint density at radius 2 is 1.70 bits per heavy atom. The van der Waals surface area contributed by atoms with E-state index >= 15 is 0 Å². The molecule has 9 heteroatoms. The number of carbonyl (C=O) groups excluding carboxylic acids is 1. The van der Waals surface area contributed by atoms with E-state index in [1.807, 2.05) is 13.8 Å². The van der Waals surface area contributed by atoms with E-state index in [0.717, 1.165) is 6.42 Å². The number of hydrogen-bond donors (Lipinski definition) is 1. The minimum Gasteiger partial charge on any atom is -0.322 e. The van der Waals surface area contributed by atoms with Crippen molar-refractivity contribution in [3.8, 4) is 0 Å². The van der Waals surface area contributed by atoms with Crippen LogP contribution in [-0.2, 0) is 10.0 Å². The fourth-order valence-corrected chi connectivity index (χ4v) is 5.51. The maximum atomic E-state index is 13.0. The van der Waals surface area contributed by atoms with Crippen molar-refractivity contribution in [1.82, 2.24) is 4.31 Å². The second-order valence-corrected chi connectivity index (χ2v) is 9.94. The van der Waals surface area contributed by atoms with Gasteiger partial charge < -0.3 is 5.32 Å². The lowest BCUT2D eigenvalue weighted by Crippen LogP contribution is -2.42. The number of nitro benzene ring substituents is 1. The fourth-order valence-electron chi connectivity index (χ4n) is 3.83. The largest absolute Gasteiger partial charge is 0.322 e. The zero-order valence-corrected chi connectivity index (χ0v) is 18.0. The minimum atomic E-state index is -3.60. The summed E-state index contributed by atoms with van der Waals surface area (Å²) >= 11 is 0. The zero-order valence-electron chi connectivity index (χ0n) is 17.2. The quantitative estimate of drug-likeness (QED) is 0.572. The third-order valence-corrected chi connectivity index (χ3v) is 7.11. The predicted molar refractivity (Wildman–Crippen MR) is 114 cm³/mol. The maximum Gasteiger partial charge on any atom is 0.270 e. The number of piperidine rings is 1. The Balaban J connectivity index is 1.77. The molecule has 30 heavy (non-hydrogen) atoms. The van der Waals surface area contributed by atoms with Crippen LogP contribution in [0.2, 0.25) is 0 Å². The highest BCUT2D eigenvalue weighted by Crippen LogP contribution is 2.27. The van der Waals surface area contributed by atoms with Gasteiger partial charge in [0, 0.05) is 36.5 Å². The van der Waals surface area contributed by atoms with Gasteiger partial charge >= 0.3 is 0 Å². The lowest BCUT2D eigenvalue weighted by molar-refractivity contribution is -0.384. The second kappa shape index (κ2) is 8.53. The topological polar surface area (TPSA) is 110 Å². The molecule has 1 fully saturated rings. The van der Waals surface area contributed by atoms with Crippen LogP contribution in [0.5, 0.6) is 0 Å². The molecule has 0 radical (unpaired) electrons. The first-order chi connectivity index (χ1) is 14.1. The number of nitro groups is 1. The second-order valence-electron chi connectivity index (χ2n) is 8.00. The van der Waals surface area contributed by atoms with E-state index in [-0.39, 0.29) is 16.1 Å². The van der Waals surface area contributed by atoms with E-state index in [1.54, 1.807) is 6.92 Å². The van der Waals surface area contributed by atoms with Gasteiger partial charge in [0.05, 0.1) is 9.82 Å². The Bertz CT molecular complexity index is 1060. The summed E-state index contributed by atoms with van der Waals surface area (Å²) in [4.78, 5) is 23.1. The maximum absolute atomic E-state index is 13.0. The Kier molecular flexibility index (Phi) is 6.23. The van der Waals surface area contributed by atoms with Crippen LogP contribution in [0.3, 0.4) is 0 Å². The first kappa shape index (κ1) is 21.9. The van der Waals surface area contributed by atoms with Crippen molar-refractivity contribution in [1.29, 1.82) is 0 Å². The molecule has 3 rings (SSSR count). The molecule has 1 aliphatic heterocycles. The number of aryl methyl sites for hydroxylation is 1. The minimum absolute atomic E-state index is 0.169. The van der Waals surface area contributed by atoms with Crippen molar-refractivity contribution < 1.29 is 18.1 Å². The van der Waals surface area contributed by atoms with Gasteiger partial charge in [0.25, 0.3) is 11.6 Å². The summed E-state index contributed by atoms with van der Waals surface area (Å²) in [5.41, 5.74) is 1.03. The lowest BCUT2D eigenvalue weighted by Gasteiger charge is -2.34. The molecule has 0 aromatic heterocycles. The number of non-ortho nitro benzene ring substituents is 1. The molecule has 1 heterocycles. The first-order valence-electron chi connectivity index (χ1n) is 9.74. The number of sulfonamides is 1. The van der Waals surface area contributed by atoms with Crippen LogP contribution in [0.15, 0.2) is 47.4 Å². The SMILES string of the molecule is Cc1ccc([N+](=O)[O-])cc1C(=O)Nc1ccc(S(=O)(=O)N2CC(C)CC(C)C2)cc1. The highest BCUT2D eigenvalue weighted by molar-refractivity contribution is 7.89. The number of anilines is 1. The molecular formula is C21H25N3O5S. The van der Waals surface area contributed by atoms with E-state index in [9.17, 15) is 23.3 Å². The highest BCUT2D eigenvalue weighted by atomic mass is 32.2. The first-order valence-corrected chi connectivity index (χ1v) is 11.2. The van der Waals surface area contributed by atoms with Crippen LogP contribution in [0.1, 0.15) is 36.2 Å². The molecule has 0 bridgehead atoms. The fraction of sp³-hybridized carbons (Fsp3) is 0.381. The number of carbonyl (C=O) groups is 1. The molecule has 1 amide bonds. The molecule has 2 atom stereocenters. The van der Waals surface area contributed by atoms with Crippen molar-refractivity contribution in [2.24, 2.45) is 11.8 Å². The smallest absolute Gasteiger partial charge is 0.270 e. The normalized spacial score (nSPS) is 20.0. The van der Waals surface area contributed by atoms with Gasteiger partial charge in [-0.15, -0.1) is 0 Å². The molecule has 2 aromatic rings. The third kappa shape index (κ3) is 4.68. The molecule has 1 aliphatic rings. The van der Waals surface area contributed by atoms with Crippen LogP contribution in [0.25, 0.3) is 0 Å². The summed E-state index contributed by atoms with van der Waals surface area (Å²) in [6, 6.07) is 10.1. The average Bonchev–Trinajstić information content (AvgIpc) is 2.67.